The number of hydrogen-bond donors (Lipinski definition) is 0. The minimum Gasteiger partial charge on any atom is -0.294 e. The predicted molar refractivity (Wildman–Crippen MR) is 58.7 cm³/mol. The van der Waals surface area contributed by atoms with Gasteiger partial charge < -0.3 is 0 Å². The molecule has 0 saturated heterocycles. The van der Waals surface area contributed by atoms with Crippen molar-refractivity contribution in [1.82, 2.24) is 0 Å². The highest BCUT2D eigenvalue weighted by molar-refractivity contribution is 14.1. The van der Waals surface area contributed by atoms with Crippen LogP contribution in [0.15, 0.2) is 18.2 Å². The number of hydrogen-bond acceptors (Lipinski definition) is 1. The highest BCUT2D eigenvalue weighted by Gasteiger charge is 2.13. The van der Waals surface area contributed by atoms with E-state index >= 15 is 0 Å². The molecular formula is C10H9F2IO. The van der Waals surface area contributed by atoms with Gasteiger partial charge in [-0.05, 0) is 34.7 Å². The largest absolute Gasteiger partial charge is 0.294 e. The van der Waals surface area contributed by atoms with Crippen molar-refractivity contribution in [2.45, 2.75) is 19.8 Å². The lowest BCUT2D eigenvalue weighted by molar-refractivity contribution is 0.0987. The van der Waals surface area contributed by atoms with Crippen molar-refractivity contribution >= 4 is 28.4 Å². The molecule has 4 heteroatoms. The number of ketones is 1. The monoisotopic (exact) mass is 310 g/mol. The molecule has 0 fully saturated rings. The third kappa shape index (κ3) is 2.50. The third-order valence-corrected chi connectivity index (χ3v) is 2.86. The van der Waals surface area contributed by atoms with Crippen LogP contribution in [0.25, 0.3) is 0 Å². The van der Waals surface area contributed by atoms with Gasteiger partial charge in [0.1, 0.15) is 0 Å². The summed E-state index contributed by atoms with van der Waals surface area (Å²) < 4.78 is 25.4. The molecule has 0 aliphatic heterocycles. The smallest absolute Gasteiger partial charge is 0.264 e. The van der Waals surface area contributed by atoms with E-state index in [1.807, 2.05) is 22.6 Å². The number of carbonyl (C=O) groups is 1. The van der Waals surface area contributed by atoms with Crippen molar-refractivity contribution in [1.29, 1.82) is 0 Å². The van der Waals surface area contributed by atoms with Crippen LogP contribution in [0.5, 0.6) is 0 Å². The fraction of sp³-hybridized carbons (Fsp3) is 0.300. The molecule has 1 aromatic carbocycles. The third-order valence-electron chi connectivity index (χ3n) is 1.87. The van der Waals surface area contributed by atoms with E-state index in [9.17, 15) is 13.6 Å². The maximum absolute atomic E-state index is 12.5. The Morgan fingerprint density at radius 3 is 2.64 bits per heavy atom. The average Bonchev–Trinajstić information content (AvgIpc) is 2.17. The van der Waals surface area contributed by atoms with Gasteiger partial charge in [0.15, 0.2) is 5.78 Å². The molecule has 0 spiro atoms. The summed E-state index contributed by atoms with van der Waals surface area (Å²) in [6.07, 6.45) is -2.19. The maximum Gasteiger partial charge on any atom is 0.264 e. The lowest BCUT2D eigenvalue weighted by Gasteiger charge is -2.05. The van der Waals surface area contributed by atoms with Crippen molar-refractivity contribution in [3.63, 3.8) is 0 Å². The van der Waals surface area contributed by atoms with E-state index in [0.29, 0.717) is 15.6 Å². The minimum absolute atomic E-state index is 0.0649. The second kappa shape index (κ2) is 4.82. The highest BCUT2D eigenvalue weighted by Crippen LogP contribution is 2.25. The zero-order valence-electron chi connectivity index (χ0n) is 7.56. The van der Waals surface area contributed by atoms with Gasteiger partial charge >= 0.3 is 0 Å². The summed E-state index contributed by atoms with van der Waals surface area (Å²) in [5.41, 5.74) is 0.299. The summed E-state index contributed by atoms with van der Waals surface area (Å²) in [4.78, 5) is 11.3. The molecule has 1 aromatic rings. The van der Waals surface area contributed by atoms with E-state index in [1.165, 1.54) is 6.07 Å². The minimum atomic E-state index is -2.52. The molecular weight excluding hydrogens is 301 g/mol. The van der Waals surface area contributed by atoms with Crippen molar-refractivity contribution < 1.29 is 13.6 Å². The quantitative estimate of drug-likeness (QED) is 0.613. The lowest BCUT2D eigenvalue weighted by atomic mass is 10.1. The SMILES string of the molecule is CCC(=O)c1ccc(I)c(C(F)F)c1. The summed E-state index contributed by atoms with van der Waals surface area (Å²) in [6.45, 7) is 1.71. The van der Waals surface area contributed by atoms with Crippen molar-refractivity contribution in [2.24, 2.45) is 0 Å². The second-order valence-corrected chi connectivity index (χ2v) is 3.98. The number of halogens is 3. The summed E-state index contributed by atoms with van der Waals surface area (Å²) >= 11 is 1.84. The van der Waals surface area contributed by atoms with E-state index in [-0.39, 0.29) is 11.3 Å². The molecule has 0 heterocycles. The first-order valence-electron chi connectivity index (χ1n) is 4.17. The number of rotatable bonds is 3. The fourth-order valence-corrected chi connectivity index (χ4v) is 1.66. The molecule has 0 atom stereocenters. The molecule has 0 aliphatic carbocycles. The van der Waals surface area contributed by atoms with Gasteiger partial charge in [-0.3, -0.25) is 4.79 Å². The van der Waals surface area contributed by atoms with E-state index < -0.39 is 6.43 Å². The average molecular weight is 310 g/mol. The van der Waals surface area contributed by atoms with Gasteiger partial charge in [-0.15, -0.1) is 0 Å². The van der Waals surface area contributed by atoms with Gasteiger partial charge in [0.25, 0.3) is 6.43 Å². The summed E-state index contributed by atoms with van der Waals surface area (Å²) in [7, 11) is 0. The Kier molecular flexibility index (Phi) is 3.97. The molecule has 0 N–H and O–H groups in total. The molecule has 14 heavy (non-hydrogen) atoms. The van der Waals surface area contributed by atoms with Crippen LogP contribution in [-0.2, 0) is 0 Å². The van der Waals surface area contributed by atoms with Gasteiger partial charge in [0, 0.05) is 21.1 Å². The van der Waals surface area contributed by atoms with Crippen molar-refractivity contribution in [3.8, 4) is 0 Å². The molecule has 1 rings (SSSR count). The summed E-state index contributed by atoms with van der Waals surface area (Å²) in [6, 6.07) is 4.41. The zero-order valence-corrected chi connectivity index (χ0v) is 9.72. The molecule has 1 nitrogen and oxygen atoms in total. The van der Waals surface area contributed by atoms with Crippen molar-refractivity contribution in [3.05, 3.63) is 32.9 Å². The molecule has 0 unspecified atom stereocenters. The fourth-order valence-electron chi connectivity index (χ4n) is 1.09. The Labute approximate surface area is 94.6 Å². The molecule has 76 valence electrons. The Bertz CT molecular complexity index is 350. The van der Waals surface area contributed by atoms with Crippen LogP contribution in [0.2, 0.25) is 0 Å². The van der Waals surface area contributed by atoms with Crippen LogP contribution in [0.1, 0.15) is 35.7 Å². The standard InChI is InChI=1S/C10H9F2IO/c1-2-9(14)6-3-4-8(13)7(5-6)10(11)12/h3-5,10H,2H2,1H3. The van der Waals surface area contributed by atoms with Crippen LogP contribution in [0, 0.1) is 3.57 Å². The highest BCUT2D eigenvalue weighted by atomic mass is 127. The Balaban J connectivity index is 3.13. The van der Waals surface area contributed by atoms with Crippen LogP contribution in [-0.4, -0.2) is 5.78 Å². The van der Waals surface area contributed by atoms with E-state index in [4.69, 9.17) is 0 Å². The Hall–Kier alpha value is -0.520. The first kappa shape index (κ1) is 11.6. The molecule has 0 amide bonds. The number of Topliss-reactive ketones (excluding diaryl/α,β-unsaturated/α-hetero) is 1. The zero-order chi connectivity index (χ0) is 10.7. The molecule has 0 bridgehead atoms. The van der Waals surface area contributed by atoms with Gasteiger partial charge in [-0.1, -0.05) is 13.0 Å². The van der Waals surface area contributed by atoms with Gasteiger partial charge in [-0.2, -0.15) is 0 Å². The predicted octanol–water partition coefficient (Wildman–Crippen LogP) is 3.82. The van der Waals surface area contributed by atoms with E-state index in [2.05, 4.69) is 0 Å². The number of carbonyl (C=O) groups excluding carboxylic acids is 1. The molecule has 0 aliphatic rings. The van der Waals surface area contributed by atoms with E-state index in [0.717, 1.165) is 0 Å². The first-order valence-corrected chi connectivity index (χ1v) is 5.25. The Morgan fingerprint density at radius 2 is 2.14 bits per heavy atom. The van der Waals surface area contributed by atoms with Crippen LogP contribution >= 0.6 is 22.6 Å². The first-order chi connectivity index (χ1) is 6.56. The second-order valence-electron chi connectivity index (χ2n) is 2.81. The maximum atomic E-state index is 12.5. The van der Waals surface area contributed by atoms with Gasteiger partial charge in [-0.25, -0.2) is 8.78 Å². The van der Waals surface area contributed by atoms with Gasteiger partial charge in [0.2, 0.25) is 0 Å². The number of benzene rings is 1. The lowest BCUT2D eigenvalue weighted by Crippen LogP contribution is -1.99. The molecule has 0 saturated carbocycles. The topological polar surface area (TPSA) is 17.1 Å². The summed E-state index contributed by atoms with van der Waals surface area (Å²) in [5.74, 6) is -0.108. The van der Waals surface area contributed by atoms with Crippen molar-refractivity contribution in [2.75, 3.05) is 0 Å². The normalized spacial score (nSPS) is 10.6. The van der Waals surface area contributed by atoms with Gasteiger partial charge in [0.05, 0.1) is 0 Å². The molecule has 0 aromatic heterocycles. The Morgan fingerprint density at radius 1 is 1.50 bits per heavy atom. The molecule has 0 radical (unpaired) electrons. The number of alkyl halides is 2. The van der Waals surface area contributed by atoms with Crippen LogP contribution in [0.4, 0.5) is 8.78 Å². The van der Waals surface area contributed by atoms with Crippen LogP contribution in [0.3, 0.4) is 0 Å². The van der Waals surface area contributed by atoms with E-state index in [1.54, 1.807) is 19.1 Å². The summed E-state index contributed by atoms with van der Waals surface area (Å²) in [5, 5.41) is 0. The van der Waals surface area contributed by atoms with Crippen LogP contribution < -0.4 is 0 Å².